The van der Waals surface area contributed by atoms with Crippen molar-refractivity contribution < 1.29 is 19.1 Å². The number of nitrogens with one attached hydrogen (secondary N) is 3. The van der Waals surface area contributed by atoms with E-state index in [1.165, 1.54) is 6.92 Å². The van der Waals surface area contributed by atoms with Crippen LogP contribution in [0.25, 0.3) is 0 Å². The molecule has 5 rings (SSSR count). The molecular formula is C26H34N4O4. The average Bonchev–Trinajstić information content (AvgIpc) is 3.34. The predicted molar refractivity (Wildman–Crippen MR) is 129 cm³/mol. The van der Waals surface area contributed by atoms with Gasteiger partial charge in [-0.05, 0) is 64.8 Å². The number of anilines is 2. The number of carbonyl (C=O) groups is 3. The Hall–Kier alpha value is -2.71. The first-order chi connectivity index (χ1) is 15.9. The molecule has 8 nitrogen and oxygen atoms in total. The maximum absolute atomic E-state index is 13.6. The number of benzene rings is 1. The van der Waals surface area contributed by atoms with E-state index >= 15 is 0 Å². The second-order valence-electron chi connectivity index (χ2n) is 11.6. The van der Waals surface area contributed by atoms with Gasteiger partial charge in [0.1, 0.15) is 5.60 Å². The lowest BCUT2D eigenvalue weighted by molar-refractivity contribution is -0.132. The van der Waals surface area contributed by atoms with Gasteiger partial charge in [-0.3, -0.25) is 14.4 Å². The molecule has 4 aliphatic rings. The van der Waals surface area contributed by atoms with Crippen LogP contribution in [0.15, 0.2) is 36.4 Å². The highest BCUT2D eigenvalue weighted by Gasteiger charge is 2.67. The lowest BCUT2D eigenvalue weighted by atomic mass is 9.75. The second-order valence-corrected chi connectivity index (χ2v) is 11.6. The van der Waals surface area contributed by atoms with Crippen molar-refractivity contribution in [1.29, 1.82) is 0 Å². The molecule has 2 bridgehead atoms. The van der Waals surface area contributed by atoms with Gasteiger partial charge in [-0.2, -0.15) is 0 Å². The highest BCUT2D eigenvalue weighted by molar-refractivity contribution is 6.03. The van der Waals surface area contributed by atoms with Crippen molar-refractivity contribution >= 4 is 29.1 Å². The summed E-state index contributed by atoms with van der Waals surface area (Å²) in [5.74, 6) is -1.42. The Morgan fingerprint density at radius 1 is 1.09 bits per heavy atom. The minimum absolute atomic E-state index is 0.0340. The van der Waals surface area contributed by atoms with Gasteiger partial charge in [0.25, 0.3) is 0 Å². The van der Waals surface area contributed by atoms with Crippen LogP contribution in [0.4, 0.5) is 11.4 Å². The van der Waals surface area contributed by atoms with Crippen LogP contribution in [0.3, 0.4) is 0 Å². The van der Waals surface area contributed by atoms with Gasteiger partial charge in [0, 0.05) is 35.4 Å². The Bertz CT molecular complexity index is 1050. The first kappa shape index (κ1) is 23.1. The summed E-state index contributed by atoms with van der Waals surface area (Å²) in [6, 6.07) is 7.20. The third kappa shape index (κ3) is 3.92. The van der Waals surface area contributed by atoms with Crippen LogP contribution in [0.5, 0.6) is 0 Å². The number of nitrogens with zero attached hydrogens (tertiary/aromatic N) is 1. The predicted octanol–water partition coefficient (Wildman–Crippen LogP) is 2.36. The number of piperidine rings is 1. The summed E-state index contributed by atoms with van der Waals surface area (Å²) < 4.78 is 6.28. The van der Waals surface area contributed by atoms with Crippen molar-refractivity contribution in [3.05, 3.63) is 36.4 Å². The van der Waals surface area contributed by atoms with Crippen molar-refractivity contribution in [3.8, 4) is 0 Å². The summed E-state index contributed by atoms with van der Waals surface area (Å²) >= 11 is 0. The largest absolute Gasteiger partial charge is 0.360 e. The molecule has 0 unspecified atom stereocenters. The fourth-order valence-corrected chi connectivity index (χ4v) is 6.67. The van der Waals surface area contributed by atoms with Gasteiger partial charge in [-0.15, -0.1) is 0 Å². The Morgan fingerprint density at radius 3 is 2.35 bits per heavy atom. The molecule has 3 N–H and O–H groups in total. The molecule has 4 atom stereocenters. The zero-order valence-corrected chi connectivity index (χ0v) is 20.5. The second kappa shape index (κ2) is 7.65. The number of carbonyl (C=O) groups excluding carboxylic acids is 3. The van der Waals surface area contributed by atoms with E-state index in [0.717, 1.165) is 18.5 Å². The van der Waals surface area contributed by atoms with E-state index < -0.39 is 17.4 Å². The van der Waals surface area contributed by atoms with Crippen LogP contribution in [0.1, 0.15) is 47.5 Å². The van der Waals surface area contributed by atoms with E-state index in [-0.39, 0.29) is 40.9 Å². The van der Waals surface area contributed by atoms with Gasteiger partial charge in [0.05, 0.1) is 24.5 Å². The lowest BCUT2D eigenvalue weighted by Crippen LogP contribution is -2.62. The van der Waals surface area contributed by atoms with E-state index in [4.69, 9.17) is 4.74 Å². The quantitative estimate of drug-likeness (QED) is 0.592. The van der Waals surface area contributed by atoms with Crippen molar-refractivity contribution in [2.24, 2.45) is 11.8 Å². The topological polar surface area (TPSA) is 99.8 Å². The third-order valence-electron chi connectivity index (χ3n) is 7.44. The molecule has 1 aromatic carbocycles. The molecule has 3 amide bonds. The zero-order valence-electron chi connectivity index (χ0n) is 20.5. The van der Waals surface area contributed by atoms with Crippen LogP contribution in [0.2, 0.25) is 0 Å². The van der Waals surface area contributed by atoms with E-state index in [1.54, 1.807) is 17.0 Å². The first-order valence-corrected chi connectivity index (χ1v) is 12.0. The number of ether oxygens (including phenoxy) is 1. The molecule has 34 heavy (non-hydrogen) atoms. The minimum atomic E-state index is -0.771. The van der Waals surface area contributed by atoms with Gasteiger partial charge < -0.3 is 25.6 Å². The molecule has 4 heterocycles. The zero-order chi connectivity index (χ0) is 24.5. The average molecular weight is 467 g/mol. The number of amides is 3. The fraction of sp³-hybridized carbons (Fsp3) is 0.577. The van der Waals surface area contributed by atoms with Crippen molar-refractivity contribution in [2.75, 3.05) is 16.8 Å². The number of hydrogen-bond acceptors (Lipinski definition) is 5. The minimum Gasteiger partial charge on any atom is -0.360 e. The van der Waals surface area contributed by atoms with Gasteiger partial charge in [0.15, 0.2) is 0 Å². The Balaban J connectivity index is 1.34. The first-order valence-electron chi connectivity index (χ1n) is 12.0. The number of hydrogen-bond donors (Lipinski definition) is 3. The van der Waals surface area contributed by atoms with Crippen LogP contribution in [-0.4, -0.2) is 53.1 Å². The van der Waals surface area contributed by atoms with Gasteiger partial charge in [-0.25, -0.2) is 0 Å². The molecule has 4 aliphatic heterocycles. The van der Waals surface area contributed by atoms with Crippen molar-refractivity contribution in [2.45, 2.75) is 76.3 Å². The lowest BCUT2D eigenvalue weighted by Gasteiger charge is -2.47. The van der Waals surface area contributed by atoms with Crippen LogP contribution < -0.4 is 20.9 Å². The van der Waals surface area contributed by atoms with Gasteiger partial charge >= 0.3 is 0 Å². The molecule has 0 aliphatic carbocycles. The summed E-state index contributed by atoms with van der Waals surface area (Å²) in [5, 5.41) is 9.64. The van der Waals surface area contributed by atoms with Crippen LogP contribution >= 0.6 is 0 Å². The molecule has 0 aromatic heterocycles. The summed E-state index contributed by atoms with van der Waals surface area (Å²) in [5.41, 5.74) is 0.449. The van der Waals surface area contributed by atoms with E-state index in [0.29, 0.717) is 12.2 Å². The molecule has 8 heteroatoms. The van der Waals surface area contributed by atoms with E-state index in [1.807, 2.05) is 24.3 Å². The third-order valence-corrected chi connectivity index (χ3v) is 7.44. The van der Waals surface area contributed by atoms with E-state index in [9.17, 15) is 14.4 Å². The van der Waals surface area contributed by atoms with Crippen molar-refractivity contribution in [3.63, 3.8) is 0 Å². The van der Waals surface area contributed by atoms with Crippen LogP contribution in [0, 0.1) is 11.8 Å². The Kier molecular flexibility index (Phi) is 5.19. The van der Waals surface area contributed by atoms with Crippen LogP contribution in [-0.2, 0) is 19.1 Å². The van der Waals surface area contributed by atoms with Gasteiger partial charge in [0.2, 0.25) is 17.7 Å². The monoisotopic (exact) mass is 466 g/mol. The molecule has 0 radical (unpaired) electrons. The highest BCUT2D eigenvalue weighted by atomic mass is 16.5. The maximum Gasteiger partial charge on any atom is 0.234 e. The van der Waals surface area contributed by atoms with Crippen molar-refractivity contribution in [1.82, 2.24) is 10.6 Å². The summed E-state index contributed by atoms with van der Waals surface area (Å²) in [6.07, 6.45) is 5.18. The molecule has 3 fully saturated rings. The number of fused-ring (bicyclic) bond motifs is 1. The Morgan fingerprint density at radius 2 is 1.74 bits per heavy atom. The SMILES string of the molecule is CC(=O)Nc1ccc(N2C[C@@]34C=C[C@@H](O3)[C@H](C(=O)NC3CC(C)(C)NC(C)(C)C3)[C@@H]4C2=O)cc1. The Labute approximate surface area is 200 Å². The molecule has 1 aromatic rings. The summed E-state index contributed by atoms with van der Waals surface area (Å²) in [4.78, 5) is 40.1. The van der Waals surface area contributed by atoms with E-state index in [2.05, 4.69) is 43.6 Å². The standard InChI is InChI=1S/C26H34N4O4/c1-15(31)27-16-6-8-18(9-7-16)30-14-26-11-10-19(34-26)20(21(26)23(30)33)22(32)28-17-12-24(2,3)29-25(4,5)13-17/h6-11,17,19-21,29H,12-14H2,1-5H3,(H,27,31)(H,28,32)/t19-,20+,21-,26-/m1/s1. The molecule has 3 saturated heterocycles. The molecule has 0 saturated carbocycles. The van der Waals surface area contributed by atoms with Gasteiger partial charge in [-0.1, -0.05) is 12.2 Å². The highest BCUT2D eigenvalue weighted by Crippen LogP contribution is 2.52. The molecule has 1 spiro atoms. The normalized spacial score (nSPS) is 33.1. The summed E-state index contributed by atoms with van der Waals surface area (Å²) in [6.45, 7) is 10.4. The fourth-order valence-electron chi connectivity index (χ4n) is 6.67. The molecular weight excluding hydrogens is 432 g/mol. The number of rotatable bonds is 4. The maximum atomic E-state index is 13.6. The summed E-state index contributed by atoms with van der Waals surface area (Å²) in [7, 11) is 0. The smallest absolute Gasteiger partial charge is 0.234 e. The molecule has 182 valence electrons.